The van der Waals surface area contributed by atoms with Crippen LogP contribution in [0.4, 0.5) is 0 Å². The molecule has 6 nitrogen and oxygen atoms in total. The largest absolute Gasteiger partial charge is 0.373 e. The summed E-state index contributed by atoms with van der Waals surface area (Å²) in [5.41, 5.74) is -0.109. The second-order valence-electron chi connectivity index (χ2n) is 11.5. The molecule has 174 valence electrons. The van der Waals surface area contributed by atoms with Gasteiger partial charge in [-0.05, 0) is 83.0 Å². The second kappa shape index (κ2) is 8.66. The summed E-state index contributed by atoms with van der Waals surface area (Å²) in [5.74, 6) is 2.77. The summed E-state index contributed by atoms with van der Waals surface area (Å²) in [4.78, 5) is 30.4. The molecule has 2 amide bonds. The van der Waals surface area contributed by atoms with Gasteiger partial charge in [0.25, 0.3) is 0 Å². The van der Waals surface area contributed by atoms with Crippen LogP contribution in [0.1, 0.15) is 71.6 Å². The molecule has 0 radical (unpaired) electrons. The molecule has 6 fully saturated rings. The van der Waals surface area contributed by atoms with Gasteiger partial charge in [0.2, 0.25) is 11.8 Å². The van der Waals surface area contributed by atoms with Crippen molar-refractivity contribution in [3.05, 3.63) is 0 Å². The first-order chi connectivity index (χ1) is 14.9. The summed E-state index contributed by atoms with van der Waals surface area (Å²) in [5, 5.41) is 3.17. The molecule has 31 heavy (non-hydrogen) atoms. The Bertz CT molecular complexity index is 642. The van der Waals surface area contributed by atoms with Crippen LogP contribution in [0.15, 0.2) is 0 Å². The molecule has 4 bridgehead atoms. The number of rotatable bonds is 5. The number of morpholine rings is 1. The zero-order valence-electron chi connectivity index (χ0n) is 19.5. The molecule has 2 atom stereocenters. The van der Waals surface area contributed by atoms with Crippen LogP contribution in [0, 0.1) is 23.2 Å². The lowest BCUT2D eigenvalue weighted by Crippen LogP contribution is -2.54. The van der Waals surface area contributed by atoms with Gasteiger partial charge in [0.15, 0.2) is 0 Å². The van der Waals surface area contributed by atoms with E-state index in [0.29, 0.717) is 31.2 Å². The lowest BCUT2D eigenvalue weighted by Gasteiger charge is -2.55. The van der Waals surface area contributed by atoms with E-state index >= 15 is 0 Å². The standard InChI is InChI=1S/C25H41N3O3/c1-17-15-28(16-18(2)31-17)22-4-7-27(8-5-22)23(29)3-6-26-24(30)25-12-19-9-20(13-25)11-21(10-19)14-25/h17-22H,3-16H2,1-2H3,(H,26,30)/t17-,18+,19?,20?,21?,25?. The number of piperidine rings is 1. The van der Waals surface area contributed by atoms with Gasteiger partial charge in [0.05, 0.1) is 12.2 Å². The van der Waals surface area contributed by atoms with Crippen molar-refractivity contribution in [1.82, 2.24) is 15.1 Å². The molecule has 6 rings (SSSR count). The van der Waals surface area contributed by atoms with Gasteiger partial charge in [-0.3, -0.25) is 14.5 Å². The molecule has 6 heteroatoms. The van der Waals surface area contributed by atoms with E-state index in [2.05, 4.69) is 24.1 Å². The predicted octanol–water partition coefficient (Wildman–Crippen LogP) is 2.81. The van der Waals surface area contributed by atoms with Crippen molar-refractivity contribution < 1.29 is 14.3 Å². The SMILES string of the molecule is C[C@@H]1CN(C2CCN(C(=O)CCNC(=O)C34CC5CC(CC(C5)C3)C4)CC2)C[C@H](C)O1. The molecule has 4 saturated carbocycles. The highest BCUT2D eigenvalue weighted by Crippen LogP contribution is 2.60. The van der Waals surface area contributed by atoms with E-state index in [0.717, 1.165) is 76.0 Å². The van der Waals surface area contributed by atoms with E-state index < -0.39 is 0 Å². The molecule has 2 aliphatic heterocycles. The number of nitrogens with zero attached hydrogens (tertiary/aromatic N) is 2. The molecule has 0 spiro atoms. The van der Waals surface area contributed by atoms with Gasteiger partial charge in [0, 0.05) is 50.6 Å². The van der Waals surface area contributed by atoms with Crippen LogP contribution >= 0.6 is 0 Å². The maximum absolute atomic E-state index is 13.1. The van der Waals surface area contributed by atoms with E-state index in [9.17, 15) is 9.59 Å². The van der Waals surface area contributed by atoms with Gasteiger partial charge < -0.3 is 15.0 Å². The van der Waals surface area contributed by atoms with E-state index in [4.69, 9.17) is 4.74 Å². The zero-order chi connectivity index (χ0) is 21.6. The molecule has 2 saturated heterocycles. The lowest BCUT2D eigenvalue weighted by atomic mass is 9.49. The molecular weight excluding hydrogens is 390 g/mol. The summed E-state index contributed by atoms with van der Waals surface area (Å²) in [6.45, 7) is 8.48. The molecular formula is C25H41N3O3. The number of nitrogens with one attached hydrogen (secondary N) is 1. The molecule has 2 heterocycles. The van der Waals surface area contributed by atoms with Crippen LogP contribution in [-0.2, 0) is 14.3 Å². The molecule has 0 aromatic carbocycles. The topological polar surface area (TPSA) is 61.9 Å². The van der Waals surface area contributed by atoms with Gasteiger partial charge in [-0.25, -0.2) is 0 Å². The first kappa shape index (κ1) is 21.7. The summed E-state index contributed by atoms with van der Waals surface area (Å²) in [7, 11) is 0. The summed E-state index contributed by atoms with van der Waals surface area (Å²) >= 11 is 0. The third-order valence-corrected chi connectivity index (χ3v) is 8.93. The molecule has 0 aromatic heterocycles. The maximum Gasteiger partial charge on any atom is 0.226 e. The van der Waals surface area contributed by atoms with Crippen molar-refractivity contribution >= 4 is 11.8 Å². The zero-order valence-corrected chi connectivity index (χ0v) is 19.5. The van der Waals surface area contributed by atoms with E-state index in [-0.39, 0.29) is 17.2 Å². The highest BCUT2D eigenvalue weighted by molar-refractivity contribution is 5.84. The Kier molecular flexibility index (Phi) is 6.06. The lowest BCUT2D eigenvalue weighted by molar-refractivity contribution is -0.146. The molecule has 0 unspecified atom stereocenters. The fourth-order valence-electron chi connectivity index (χ4n) is 8.01. The number of carbonyl (C=O) groups excluding carboxylic acids is 2. The van der Waals surface area contributed by atoms with E-state index in [1.54, 1.807) is 0 Å². The number of carbonyl (C=O) groups is 2. The van der Waals surface area contributed by atoms with Crippen molar-refractivity contribution in [2.45, 2.75) is 89.9 Å². The molecule has 4 aliphatic carbocycles. The highest BCUT2D eigenvalue weighted by Gasteiger charge is 2.54. The maximum atomic E-state index is 13.1. The minimum Gasteiger partial charge on any atom is -0.373 e. The molecule has 6 aliphatic rings. The smallest absolute Gasteiger partial charge is 0.226 e. The van der Waals surface area contributed by atoms with Gasteiger partial charge >= 0.3 is 0 Å². The Hall–Kier alpha value is -1.14. The highest BCUT2D eigenvalue weighted by atomic mass is 16.5. The Labute approximate surface area is 187 Å². The third-order valence-electron chi connectivity index (χ3n) is 8.93. The van der Waals surface area contributed by atoms with Crippen molar-refractivity contribution in [2.75, 3.05) is 32.7 Å². The fraction of sp³-hybridized carbons (Fsp3) is 0.920. The third kappa shape index (κ3) is 4.52. The minimum absolute atomic E-state index is 0.109. The van der Waals surface area contributed by atoms with Gasteiger partial charge in [0.1, 0.15) is 0 Å². The Balaban J connectivity index is 1.05. The average Bonchev–Trinajstić information content (AvgIpc) is 2.72. The van der Waals surface area contributed by atoms with Crippen LogP contribution in [-0.4, -0.2) is 72.6 Å². The number of amides is 2. The van der Waals surface area contributed by atoms with Crippen LogP contribution in [0.5, 0.6) is 0 Å². The van der Waals surface area contributed by atoms with Crippen LogP contribution in [0.2, 0.25) is 0 Å². The second-order valence-corrected chi connectivity index (χ2v) is 11.5. The summed E-state index contributed by atoms with van der Waals surface area (Å²) < 4.78 is 5.87. The number of ether oxygens (including phenoxy) is 1. The predicted molar refractivity (Wildman–Crippen MR) is 119 cm³/mol. The first-order valence-electron chi connectivity index (χ1n) is 12.9. The minimum atomic E-state index is -0.109. The van der Waals surface area contributed by atoms with Gasteiger partial charge in [-0.15, -0.1) is 0 Å². The van der Waals surface area contributed by atoms with Crippen LogP contribution in [0.25, 0.3) is 0 Å². The number of likely N-dealkylation sites (tertiary alicyclic amines) is 1. The Morgan fingerprint density at radius 3 is 2.03 bits per heavy atom. The number of hydrogen-bond acceptors (Lipinski definition) is 4. The summed E-state index contributed by atoms with van der Waals surface area (Å²) in [6, 6.07) is 0.564. The fourth-order valence-corrected chi connectivity index (χ4v) is 8.01. The van der Waals surface area contributed by atoms with Gasteiger partial charge in [-0.2, -0.15) is 0 Å². The van der Waals surface area contributed by atoms with Gasteiger partial charge in [-0.1, -0.05) is 0 Å². The Morgan fingerprint density at radius 1 is 0.935 bits per heavy atom. The van der Waals surface area contributed by atoms with Crippen molar-refractivity contribution in [2.24, 2.45) is 23.2 Å². The van der Waals surface area contributed by atoms with E-state index in [1.165, 1.54) is 19.3 Å². The van der Waals surface area contributed by atoms with Crippen molar-refractivity contribution in [3.63, 3.8) is 0 Å². The molecule has 0 aromatic rings. The van der Waals surface area contributed by atoms with Crippen LogP contribution < -0.4 is 5.32 Å². The van der Waals surface area contributed by atoms with Crippen LogP contribution in [0.3, 0.4) is 0 Å². The van der Waals surface area contributed by atoms with Crippen molar-refractivity contribution in [3.8, 4) is 0 Å². The average molecular weight is 432 g/mol. The normalized spacial score (nSPS) is 40.8. The first-order valence-corrected chi connectivity index (χ1v) is 12.9. The Morgan fingerprint density at radius 2 is 1.48 bits per heavy atom. The quantitative estimate of drug-likeness (QED) is 0.727. The monoisotopic (exact) mass is 431 g/mol. The summed E-state index contributed by atoms with van der Waals surface area (Å²) in [6.07, 6.45) is 10.4. The number of hydrogen-bond donors (Lipinski definition) is 1. The van der Waals surface area contributed by atoms with E-state index in [1.807, 2.05) is 4.90 Å². The molecule has 1 N–H and O–H groups in total. The van der Waals surface area contributed by atoms with Crippen molar-refractivity contribution in [1.29, 1.82) is 0 Å².